The van der Waals surface area contributed by atoms with Gasteiger partial charge in [-0.25, -0.2) is 0 Å². The topological polar surface area (TPSA) is 32.3 Å². The summed E-state index contributed by atoms with van der Waals surface area (Å²) < 4.78 is 0. The summed E-state index contributed by atoms with van der Waals surface area (Å²) in [7, 11) is 0. The molecule has 0 saturated heterocycles. The lowest BCUT2D eigenvalue weighted by atomic mass is 10.0. The first-order valence-corrected chi connectivity index (χ1v) is 7.64. The first-order chi connectivity index (χ1) is 10.0. The molecule has 1 unspecified atom stereocenters. The van der Waals surface area contributed by atoms with Crippen molar-refractivity contribution in [1.29, 1.82) is 0 Å². The zero-order chi connectivity index (χ0) is 15.2. The van der Waals surface area contributed by atoms with Crippen molar-refractivity contribution >= 4 is 0 Å². The third kappa shape index (κ3) is 4.91. The molecular weight excluding hydrogens is 258 g/mol. The average Bonchev–Trinajstić information content (AvgIpc) is 2.48. The summed E-state index contributed by atoms with van der Waals surface area (Å²) >= 11 is 0. The maximum absolute atomic E-state index is 9.29. The van der Waals surface area contributed by atoms with Crippen LogP contribution in [0.2, 0.25) is 0 Å². The summed E-state index contributed by atoms with van der Waals surface area (Å²) in [5.41, 5.74) is 3.94. The molecule has 2 N–H and O–H groups in total. The van der Waals surface area contributed by atoms with Crippen molar-refractivity contribution in [2.75, 3.05) is 0 Å². The monoisotopic (exact) mass is 283 g/mol. The Labute approximate surface area is 127 Å². The van der Waals surface area contributed by atoms with Crippen LogP contribution in [0.5, 0.6) is 5.75 Å². The van der Waals surface area contributed by atoms with E-state index in [0.717, 1.165) is 13.0 Å². The van der Waals surface area contributed by atoms with Gasteiger partial charge in [-0.15, -0.1) is 0 Å². The van der Waals surface area contributed by atoms with Crippen LogP contribution in [0.15, 0.2) is 48.5 Å². The van der Waals surface area contributed by atoms with Crippen molar-refractivity contribution in [3.8, 4) is 5.75 Å². The van der Waals surface area contributed by atoms with Gasteiger partial charge in [0.15, 0.2) is 0 Å². The number of rotatable bonds is 6. The molecule has 2 rings (SSSR count). The number of hydrogen-bond acceptors (Lipinski definition) is 2. The van der Waals surface area contributed by atoms with Gasteiger partial charge in [0.05, 0.1) is 0 Å². The number of benzene rings is 2. The minimum absolute atomic E-state index is 0.324. The highest BCUT2D eigenvalue weighted by Gasteiger charge is 2.04. The predicted molar refractivity (Wildman–Crippen MR) is 88.6 cm³/mol. The predicted octanol–water partition coefficient (Wildman–Crippen LogP) is 4.24. The number of phenols is 1. The molecule has 0 aliphatic carbocycles. The Morgan fingerprint density at radius 3 is 2.00 bits per heavy atom. The van der Waals surface area contributed by atoms with E-state index in [1.165, 1.54) is 16.7 Å². The molecule has 2 aromatic carbocycles. The van der Waals surface area contributed by atoms with Crippen LogP contribution in [0.1, 0.15) is 43.4 Å². The smallest absolute Gasteiger partial charge is 0.115 e. The average molecular weight is 283 g/mol. The molecule has 0 radical (unpaired) electrons. The fraction of sp³-hybridized carbons (Fsp3) is 0.368. The maximum Gasteiger partial charge on any atom is 0.115 e. The Bertz CT molecular complexity index is 543. The molecule has 0 aliphatic heterocycles. The van der Waals surface area contributed by atoms with Crippen molar-refractivity contribution in [1.82, 2.24) is 5.32 Å². The minimum atomic E-state index is 0.324. The van der Waals surface area contributed by atoms with E-state index in [9.17, 15) is 5.11 Å². The lowest BCUT2D eigenvalue weighted by molar-refractivity contribution is 0.474. The van der Waals surface area contributed by atoms with Crippen LogP contribution in [0, 0.1) is 0 Å². The molecular formula is C19H25NO. The quantitative estimate of drug-likeness (QED) is 0.831. The van der Waals surface area contributed by atoms with Gasteiger partial charge in [-0.3, -0.25) is 0 Å². The normalized spacial score (nSPS) is 12.6. The standard InChI is InChI=1S/C19H25NO/c1-14(2)18-8-4-17(5-9-18)13-20-15(3)12-16-6-10-19(21)11-7-16/h4-11,14-15,20-21H,12-13H2,1-3H3. The van der Waals surface area contributed by atoms with Crippen molar-refractivity contribution < 1.29 is 5.11 Å². The van der Waals surface area contributed by atoms with Crippen LogP contribution in [0.25, 0.3) is 0 Å². The van der Waals surface area contributed by atoms with Gasteiger partial charge >= 0.3 is 0 Å². The summed E-state index contributed by atoms with van der Waals surface area (Å²) in [6, 6.07) is 16.7. The second-order valence-corrected chi connectivity index (χ2v) is 6.05. The van der Waals surface area contributed by atoms with Gasteiger partial charge in [0.1, 0.15) is 5.75 Å². The molecule has 0 bridgehead atoms. The first kappa shape index (κ1) is 15.6. The zero-order valence-electron chi connectivity index (χ0n) is 13.1. The highest BCUT2D eigenvalue weighted by atomic mass is 16.3. The molecule has 0 saturated carbocycles. The van der Waals surface area contributed by atoms with E-state index >= 15 is 0 Å². The fourth-order valence-electron chi connectivity index (χ4n) is 2.37. The Balaban J connectivity index is 1.83. The Kier molecular flexibility index (Phi) is 5.40. The molecule has 1 atom stereocenters. The molecule has 0 spiro atoms. The van der Waals surface area contributed by atoms with Gasteiger partial charge in [-0.1, -0.05) is 50.2 Å². The first-order valence-electron chi connectivity index (χ1n) is 7.64. The van der Waals surface area contributed by atoms with E-state index in [1.807, 2.05) is 12.1 Å². The number of phenolic OH excluding ortho intramolecular Hbond substituents is 1. The molecule has 2 nitrogen and oxygen atoms in total. The van der Waals surface area contributed by atoms with E-state index in [1.54, 1.807) is 12.1 Å². The Hall–Kier alpha value is -1.80. The van der Waals surface area contributed by atoms with E-state index in [4.69, 9.17) is 0 Å². The summed E-state index contributed by atoms with van der Waals surface area (Å²) in [6.45, 7) is 7.51. The van der Waals surface area contributed by atoms with E-state index < -0.39 is 0 Å². The van der Waals surface area contributed by atoms with E-state index in [-0.39, 0.29) is 0 Å². The molecule has 0 fully saturated rings. The highest BCUT2D eigenvalue weighted by Crippen LogP contribution is 2.15. The third-order valence-electron chi connectivity index (χ3n) is 3.78. The number of nitrogens with one attached hydrogen (secondary N) is 1. The van der Waals surface area contributed by atoms with Crippen LogP contribution >= 0.6 is 0 Å². The summed E-state index contributed by atoms with van der Waals surface area (Å²) in [4.78, 5) is 0. The van der Waals surface area contributed by atoms with Gasteiger partial charge in [-0.2, -0.15) is 0 Å². The van der Waals surface area contributed by atoms with Crippen LogP contribution in [-0.4, -0.2) is 11.1 Å². The summed E-state index contributed by atoms with van der Waals surface area (Å²) in [6.07, 6.45) is 0.963. The largest absolute Gasteiger partial charge is 0.508 e. The lowest BCUT2D eigenvalue weighted by Gasteiger charge is -2.14. The number of hydrogen-bond donors (Lipinski definition) is 2. The van der Waals surface area contributed by atoms with Gasteiger partial charge in [0.25, 0.3) is 0 Å². The van der Waals surface area contributed by atoms with Crippen LogP contribution in [-0.2, 0) is 13.0 Å². The Morgan fingerprint density at radius 1 is 0.857 bits per heavy atom. The molecule has 2 aromatic rings. The van der Waals surface area contributed by atoms with Gasteiger partial charge in [0.2, 0.25) is 0 Å². The SMILES string of the molecule is CC(Cc1ccc(O)cc1)NCc1ccc(C(C)C)cc1. The molecule has 2 heteroatoms. The zero-order valence-corrected chi connectivity index (χ0v) is 13.1. The van der Waals surface area contributed by atoms with Crippen LogP contribution in [0.3, 0.4) is 0 Å². The van der Waals surface area contributed by atoms with Gasteiger partial charge < -0.3 is 10.4 Å². The molecule has 0 heterocycles. The Morgan fingerprint density at radius 2 is 1.43 bits per heavy atom. The highest BCUT2D eigenvalue weighted by molar-refractivity contribution is 5.27. The van der Waals surface area contributed by atoms with Crippen LogP contribution in [0.4, 0.5) is 0 Å². The molecule has 0 aliphatic rings. The van der Waals surface area contributed by atoms with E-state index in [2.05, 4.69) is 50.4 Å². The van der Waals surface area contributed by atoms with Crippen LogP contribution < -0.4 is 5.32 Å². The molecule has 0 amide bonds. The van der Waals surface area contributed by atoms with Gasteiger partial charge in [0, 0.05) is 12.6 Å². The molecule has 112 valence electrons. The van der Waals surface area contributed by atoms with Gasteiger partial charge in [-0.05, 0) is 48.1 Å². The maximum atomic E-state index is 9.29. The van der Waals surface area contributed by atoms with E-state index in [0.29, 0.717) is 17.7 Å². The number of aromatic hydroxyl groups is 1. The lowest BCUT2D eigenvalue weighted by Crippen LogP contribution is -2.27. The minimum Gasteiger partial charge on any atom is -0.508 e. The van der Waals surface area contributed by atoms with Crippen molar-refractivity contribution in [3.05, 3.63) is 65.2 Å². The van der Waals surface area contributed by atoms with Crippen molar-refractivity contribution in [3.63, 3.8) is 0 Å². The summed E-state index contributed by atoms with van der Waals surface area (Å²) in [5.74, 6) is 0.907. The second-order valence-electron chi connectivity index (χ2n) is 6.05. The molecule has 0 aromatic heterocycles. The van der Waals surface area contributed by atoms with Crippen molar-refractivity contribution in [2.45, 2.75) is 45.7 Å². The summed E-state index contributed by atoms with van der Waals surface area (Å²) in [5, 5.41) is 12.8. The van der Waals surface area contributed by atoms with Crippen molar-refractivity contribution in [2.24, 2.45) is 0 Å². The fourth-order valence-corrected chi connectivity index (χ4v) is 2.37. The second kappa shape index (κ2) is 7.28. The molecule has 21 heavy (non-hydrogen) atoms. The third-order valence-corrected chi connectivity index (χ3v) is 3.78.